The Bertz CT molecular complexity index is 804. The molecule has 1 aliphatic heterocycles. The predicted molar refractivity (Wildman–Crippen MR) is 102 cm³/mol. The molecule has 0 spiro atoms. The van der Waals surface area contributed by atoms with Crippen molar-refractivity contribution in [2.75, 3.05) is 19.6 Å². The van der Waals surface area contributed by atoms with Crippen molar-refractivity contribution in [3.8, 4) is 0 Å². The van der Waals surface area contributed by atoms with Gasteiger partial charge >= 0.3 is 0 Å². The molecule has 4 rings (SSSR count). The van der Waals surface area contributed by atoms with Crippen LogP contribution in [0, 0.1) is 17.7 Å². The Labute approximate surface area is 154 Å². The van der Waals surface area contributed by atoms with Crippen LogP contribution in [0.1, 0.15) is 44.9 Å². The minimum atomic E-state index is -0.354. The minimum Gasteiger partial charge on any atom is -0.303 e. The fraction of sp³-hybridized carbons (Fsp3) is 0.619. The molecule has 26 heavy (non-hydrogen) atoms. The Kier molecular flexibility index (Phi) is 5.34. The summed E-state index contributed by atoms with van der Waals surface area (Å²) in [4.78, 5) is 19.5. The van der Waals surface area contributed by atoms with Crippen LogP contribution in [0.25, 0.3) is 10.9 Å². The van der Waals surface area contributed by atoms with E-state index in [0.717, 1.165) is 38.4 Å². The Morgan fingerprint density at radius 2 is 1.73 bits per heavy atom. The van der Waals surface area contributed by atoms with Crippen molar-refractivity contribution in [3.63, 3.8) is 0 Å². The van der Waals surface area contributed by atoms with Crippen LogP contribution in [0.2, 0.25) is 0 Å². The molecule has 2 fully saturated rings. The lowest BCUT2D eigenvalue weighted by Gasteiger charge is -2.35. The van der Waals surface area contributed by atoms with Gasteiger partial charge < -0.3 is 4.90 Å². The van der Waals surface area contributed by atoms with E-state index in [2.05, 4.69) is 9.88 Å². The second kappa shape index (κ2) is 7.87. The summed E-state index contributed by atoms with van der Waals surface area (Å²) >= 11 is 0. The molecule has 0 atom stereocenters. The third kappa shape index (κ3) is 3.98. The van der Waals surface area contributed by atoms with Crippen molar-refractivity contribution in [3.05, 3.63) is 40.7 Å². The van der Waals surface area contributed by atoms with E-state index in [-0.39, 0.29) is 11.4 Å². The summed E-state index contributed by atoms with van der Waals surface area (Å²) in [6, 6.07) is 4.20. The standard InChI is InChI=1S/C21H28FN3O/c22-18-6-7-19-20(12-18)23-15-25(21(19)26)14-17-8-10-24(11-9-17)13-16-4-2-1-3-5-16/h6-7,12,15-17H,1-5,8-11,13-14H2. The summed E-state index contributed by atoms with van der Waals surface area (Å²) in [6.07, 6.45) is 10.9. The van der Waals surface area contributed by atoms with Gasteiger partial charge in [0.1, 0.15) is 5.82 Å². The molecule has 1 saturated heterocycles. The maximum Gasteiger partial charge on any atom is 0.261 e. The molecule has 0 amide bonds. The number of piperidine rings is 1. The Hall–Kier alpha value is -1.75. The molecule has 4 nitrogen and oxygen atoms in total. The molecule has 1 aromatic carbocycles. The van der Waals surface area contributed by atoms with Gasteiger partial charge in [0.2, 0.25) is 0 Å². The first-order valence-corrected chi connectivity index (χ1v) is 10.1. The number of benzene rings is 1. The molecule has 1 aromatic heterocycles. The highest BCUT2D eigenvalue weighted by Gasteiger charge is 2.23. The van der Waals surface area contributed by atoms with E-state index < -0.39 is 0 Å². The van der Waals surface area contributed by atoms with Crippen molar-refractivity contribution in [1.82, 2.24) is 14.5 Å². The zero-order chi connectivity index (χ0) is 17.9. The van der Waals surface area contributed by atoms with Gasteiger partial charge in [0.15, 0.2) is 0 Å². The van der Waals surface area contributed by atoms with E-state index in [9.17, 15) is 9.18 Å². The third-order valence-corrected chi connectivity index (χ3v) is 6.19. The molecule has 5 heteroatoms. The number of fused-ring (bicyclic) bond motifs is 1. The van der Waals surface area contributed by atoms with Gasteiger partial charge in [0.25, 0.3) is 5.56 Å². The Morgan fingerprint density at radius 3 is 2.50 bits per heavy atom. The number of hydrogen-bond acceptors (Lipinski definition) is 3. The summed E-state index contributed by atoms with van der Waals surface area (Å²) in [5.74, 6) is 1.07. The van der Waals surface area contributed by atoms with Crippen molar-refractivity contribution in [2.24, 2.45) is 11.8 Å². The first-order valence-electron chi connectivity index (χ1n) is 10.1. The van der Waals surface area contributed by atoms with Crippen molar-refractivity contribution >= 4 is 10.9 Å². The average Bonchev–Trinajstić information content (AvgIpc) is 2.66. The SMILES string of the molecule is O=c1c2ccc(F)cc2ncn1CC1CCN(CC2CCCCC2)CC1. The first-order chi connectivity index (χ1) is 12.7. The van der Waals surface area contributed by atoms with Gasteiger partial charge in [-0.15, -0.1) is 0 Å². The van der Waals surface area contributed by atoms with Crippen molar-refractivity contribution in [1.29, 1.82) is 0 Å². The van der Waals surface area contributed by atoms with Crippen LogP contribution in [-0.4, -0.2) is 34.1 Å². The second-order valence-electron chi connectivity index (χ2n) is 8.11. The average molecular weight is 357 g/mol. The summed E-state index contributed by atoms with van der Waals surface area (Å²) in [7, 11) is 0. The van der Waals surface area contributed by atoms with Crippen LogP contribution in [0.5, 0.6) is 0 Å². The molecule has 1 saturated carbocycles. The van der Waals surface area contributed by atoms with Crippen LogP contribution < -0.4 is 5.56 Å². The molecule has 0 radical (unpaired) electrons. The Morgan fingerprint density at radius 1 is 1.00 bits per heavy atom. The first kappa shape index (κ1) is 17.7. The van der Waals surface area contributed by atoms with E-state index in [0.29, 0.717) is 16.8 Å². The second-order valence-corrected chi connectivity index (χ2v) is 8.11. The minimum absolute atomic E-state index is 0.0559. The molecule has 2 aromatic rings. The van der Waals surface area contributed by atoms with Gasteiger partial charge in [-0.05, 0) is 62.7 Å². The summed E-state index contributed by atoms with van der Waals surface area (Å²) in [5, 5.41) is 0.503. The van der Waals surface area contributed by atoms with E-state index in [4.69, 9.17) is 0 Å². The lowest BCUT2D eigenvalue weighted by atomic mass is 9.88. The van der Waals surface area contributed by atoms with Gasteiger partial charge in [-0.2, -0.15) is 0 Å². The summed E-state index contributed by atoms with van der Waals surface area (Å²) in [5.41, 5.74) is 0.383. The van der Waals surface area contributed by atoms with Crippen LogP contribution in [-0.2, 0) is 6.54 Å². The fourth-order valence-corrected chi connectivity index (χ4v) is 4.63. The van der Waals surface area contributed by atoms with E-state index in [1.165, 1.54) is 50.8 Å². The lowest BCUT2D eigenvalue weighted by molar-refractivity contribution is 0.138. The molecule has 1 aliphatic carbocycles. The van der Waals surface area contributed by atoms with E-state index in [1.807, 2.05) is 0 Å². The molecule has 2 heterocycles. The van der Waals surface area contributed by atoms with Crippen LogP contribution in [0.4, 0.5) is 4.39 Å². The Balaban J connectivity index is 1.35. The quantitative estimate of drug-likeness (QED) is 0.835. The van der Waals surface area contributed by atoms with Crippen molar-refractivity contribution in [2.45, 2.75) is 51.5 Å². The van der Waals surface area contributed by atoms with E-state index in [1.54, 1.807) is 17.0 Å². The number of likely N-dealkylation sites (tertiary alicyclic amines) is 1. The molecule has 2 aliphatic rings. The number of aromatic nitrogens is 2. The molecule has 0 bridgehead atoms. The van der Waals surface area contributed by atoms with Gasteiger partial charge in [-0.25, -0.2) is 9.37 Å². The third-order valence-electron chi connectivity index (χ3n) is 6.19. The molecule has 0 unspecified atom stereocenters. The largest absolute Gasteiger partial charge is 0.303 e. The predicted octanol–water partition coefficient (Wildman–Crippen LogP) is 3.83. The topological polar surface area (TPSA) is 38.1 Å². The number of halogens is 1. The number of nitrogens with zero attached hydrogens (tertiary/aromatic N) is 3. The zero-order valence-corrected chi connectivity index (χ0v) is 15.4. The molecular formula is C21H28FN3O. The highest BCUT2D eigenvalue weighted by atomic mass is 19.1. The van der Waals surface area contributed by atoms with E-state index >= 15 is 0 Å². The van der Waals surface area contributed by atoms with Gasteiger partial charge in [0, 0.05) is 19.2 Å². The fourth-order valence-electron chi connectivity index (χ4n) is 4.63. The normalized spacial score (nSPS) is 20.7. The number of hydrogen-bond donors (Lipinski definition) is 0. The summed E-state index contributed by atoms with van der Waals surface area (Å²) in [6.45, 7) is 4.26. The van der Waals surface area contributed by atoms with Crippen LogP contribution in [0.3, 0.4) is 0 Å². The maximum absolute atomic E-state index is 13.3. The summed E-state index contributed by atoms with van der Waals surface area (Å²) < 4.78 is 15.0. The highest BCUT2D eigenvalue weighted by molar-refractivity contribution is 5.77. The van der Waals surface area contributed by atoms with Gasteiger partial charge in [-0.1, -0.05) is 19.3 Å². The monoisotopic (exact) mass is 357 g/mol. The van der Waals surface area contributed by atoms with Gasteiger partial charge in [-0.3, -0.25) is 9.36 Å². The molecule has 140 valence electrons. The van der Waals surface area contributed by atoms with Crippen LogP contribution >= 0.6 is 0 Å². The number of rotatable bonds is 4. The maximum atomic E-state index is 13.3. The van der Waals surface area contributed by atoms with Crippen LogP contribution in [0.15, 0.2) is 29.3 Å². The van der Waals surface area contributed by atoms with Gasteiger partial charge in [0.05, 0.1) is 17.2 Å². The van der Waals surface area contributed by atoms with Crippen molar-refractivity contribution < 1.29 is 4.39 Å². The highest BCUT2D eigenvalue weighted by Crippen LogP contribution is 2.26. The zero-order valence-electron chi connectivity index (χ0n) is 15.4. The lowest BCUT2D eigenvalue weighted by Crippen LogP contribution is -2.39. The molecular weight excluding hydrogens is 329 g/mol. The smallest absolute Gasteiger partial charge is 0.261 e. The molecule has 0 N–H and O–H groups in total.